The van der Waals surface area contributed by atoms with E-state index in [0.717, 1.165) is 44.3 Å². The number of hydrogen-bond acceptors (Lipinski definition) is 6. The Balaban J connectivity index is 1.75. The Hall–Kier alpha value is -1.21. The Bertz CT molecular complexity index is 636. The predicted molar refractivity (Wildman–Crippen MR) is 99.3 cm³/mol. The Labute approximate surface area is 150 Å². The molecule has 3 saturated heterocycles. The Morgan fingerprint density at radius 2 is 2.20 bits per heavy atom. The van der Waals surface area contributed by atoms with Gasteiger partial charge in [0.15, 0.2) is 0 Å². The molecule has 0 aliphatic carbocycles. The van der Waals surface area contributed by atoms with Crippen LogP contribution in [0, 0.1) is 11.3 Å². The van der Waals surface area contributed by atoms with E-state index in [1.807, 2.05) is 7.05 Å². The van der Waals surface area contributed by atoms with Gasteiger partial charge in [-0.2, -0.15) is 0 Å². The van der Waals surface area contributed by atoms with Gasteiger partial charge in [0.1, 0.15) is 5.82 Å². The van der Waals surface area contributed by atoms with Crippen LogP contribution in [0.15, 0.2) is 18.2 Å². The molecule has 0 bridgehead atoms. The lowest BCUT2D eigenvalue weighted by molar-refractivity contribution is -0.123. The molecule has 25 heavy (non-hydrogen) atoms. The number of anilines is 1. The molecule has 3 aliphatic heterocycles. The van der Waals surface area contributed by atoms with Gasteiger partial charge < -0.3 is 20.3 Å². The molecular weight excluding hydrogens is 314 g/mol. The molecule has 0 spiro atoms. The summed E-state index contributed by atoms with van der Waals surface area (Å²) in [7, 11) is 1.96. The highest BCUT2D eigenvalue weighted by Crippen LogP contribution is 2.52. The number of rotatable bonds is 3. The maximum atomic E-state index is 6.27. The lowest BCUT2D eigenvalue weighted by Crippen LogP contribution is -2.57. The highest BCUT2D eigenvalue weighted by atomic mass is 16.5. The Morgan fingerprint density at radius 1 is 1.36 bits per heavy atom. The van der Waals surface area contributed by atoms with Crippen molar-refractivity contribution in [3.8, 4) is 0 Å². The van der Waals surface area contributed by atoms with E-state index in [2.05, 4.69) is 59.8 Å². The zero-order chi connectivity index (χ0) is 17.7. The summed E-state index contributed by atoms with van der Waals surface area (Å²) >= 11 is 0. The van der Waals surface area contributed by atoms with Crippen LogP contribution in [0.4, 0.5) is 5.82 Å². The summed E-state index contributed by atoms with van der Waals surface area (Å²) in [6.45, 7) is 10.3. The molecule has 0 radical (unpaired) electrons. The van der Waals surface area contributed by atoms with Crippen molar-refractivity contribution in [3.63, 3.8) is 0 Å². The molecule has 2 unspecified atom stereocenters. The first-order valence-electron chi connectivity index (χ1n) is 9.41. The van der Waals surface area contributed by atoms with Crippen LogP contribution >= 0.6 is 0 Å². The quantitative estimate of drug-likeness (QED) is 0.767. The SMILES string of the molecule is CNCc1cccc(N2C3NCNCC3[C@@]3(C)COC(C)(C)C[C@@H]23)n1. The molecule has 3 aliphatic rings. The number of ether oxygens (including phenoxy) is 1. The van der Waals surface area contributed by atoms with Crippen LogP contribution in [-0.4, -0.2) is 49.7 Å². The zero-order valence-corrected chi connectivity index (χ0v) is 15.8. The van der Waals surface area contributed by atoms with Crippen molar-refractivity contribution in [1.82, 2.24) is 20.9 Å². The first-order valence-corrected chi connectivity index (χ1v) is 9.41. The van der Waals surface area contributed by atoms with Gasteiger partial charge in [0.25, 0.3) is 0 Å². The first kappa shape index (κ1) is 17.2. The van der Waals surface area contributed by atoms with Gasteiger partial charge in [-0.1, -0.05) is 13.0 Å². The molecule has 1 aromatic heterocycles. The molecule has 138 valence electrons. The second-order valence-corrected chi connectivity index (χ2v) is 8.59. The fourth-order valence-electron chi connectivity index (χ4n) is 4.91. The van der Waals surface area contributed by atoms with Crippen LogP contribution in [-0.2, 0) is 11.3 Å². The van der Waals surface area contributed by atoms with Crippen molar-refractivity contribution in [3.05, 3.63) is 23.9 Å². The van der Waals surface area contributed by atoms with Gasteiger partial charge in [-0.25, -0.2) is 4.98 Å². The summed E-state index contributed by atoms with van der Waals surface area (Å²) in [6, 6.07) is 6.81. The maximum absolute atomic E-state index is 6.27. The predicted octanol–water partition coefficient (Wildman–Crippen LogP) is 1.29. The average Bonchev–Trinajstić information content (AvgIpc) is 2.84. The third kappa shape index (κ3) is 2.85. The minimum absolute atomic E-state index is 0.0913. The highest BCUT2D eigenvalue weighted by molar-refractivity contribution is 5.46. The molecule has 6 nitrogen and oxygen atoms in total. The van der Waals surface area contributed by atoms with Crippen LogP contribution in [0.3, 0.4) is 0 Å². The van der Waals surface area contributed by atoms with Gasteiger partial charge in [-0.15, -0.1) is 0 Å². The summed E-state index contributed by atoms with van der Waals surface area (Å²) in [5.74, 6) is 1.60. The third-order valence-corrected chi connectivity index (χ3v) is 6.30. The molecule has 4 rings (SSSR count). The summed E-state index contributed by atoms with van der Waals surface area (Å²) in [4.78, 5) is 7.52. The van der Waals surface area contributed by atoms with Crippen molar-refractivity contribution < 1.29 is 4.74 Å². The molecule has 0 aromatic carbocycles. The smallest absolute Gasteiger partial charge is 0.130 e. The Morgan fingerprint density at radius 3 is 3.00 bits per heavy atom. The van der Waals surface area contributed by atoms with Gasteiger partial charge >= 0.3 is 0 Å². The average molecular weight is 345 g/mol. The molecular formula is C19H31N5O. The van der Waals surface area contributed by atoms with Crippen LogP contribution in [0.2, 0.25) is 0 Å². The van der Waals surface area contributed by atoms with Crippen molar-refractivity contribution in [2.75, 3.05) is 31.8 Å². The van der Waals surface area contributed by atoms with E-state index in [1.165, 1.54) is 0 Å². The van der Waals surface area contributed by atoms with Crippen LogP contribution in [0.1, 0.15) is 32.9 Å². The van der Waals surface area contributed by atoms with Crippen molar-refractivity contribution >= 4 is 5.82 Å². The molecule has 4 heterocycles. The largest absolute Gasteiger partial charge is 0.375 e. The zero-order valence-electron chi connectivity index (χ0n) is 15.8. The lowest BCUT2D eigenvalue weighted by Gasteiger charge is -2.47. The van der Waals surface area contributed by atoms with Crippen LogP contribution in [0.5, 0.6) is 0 Å². The summed E-state index contributed by atoms with van der Waals surface area (Å²) in [6.07, 6.45) is 1.34. The molecule has 3 N–H and O–H groups in total. The van der Waals surface area contributed by atoms with Gasteiger partial charge in [-0.05, 0) is 39.4 Å². The maximum Gasteiger partial charge on any atom is 0.130 e. The summed E-state index contributed by atoms with van der Waals surface area (Å²) in [5.41, 5.74) is 1.12. The van der Waals surface area contributed by atoms with Crippen LogP contribution in [0.25, 0.3) is 0 Å². The van der Waals surface area contributed by atoms with Gasteiger partial charge in [0.05, 0.1) is 24.1 Å². The van der Waals surface area contributed by atoms with Crippen molar-refractivity contribution in [1.29, 1.82) is 0 Å². The topological polar surface area (TPSA) is 61.5 Å². The highest BCUT2D eigenvalue weighted by Gasteiger charge is 2.60. The number of hydrogen-bond donors (Lipinski definition) is 3. The monoisotopic (exact) mass is 345 g/mol. The van der Waals surface area contributed by atoms with E-state index in [4.69, 9.17) is 9.72 Å². The molecule has 6 heteroatoms. The first-order chi connectivity index (χ1) is 11.9. The van der Waals surface area contributed by atoms with E-state index in [9.17, 15) is 0 Å². The Kier molecular flexibility index (Phi) is 4.27. The third-order valence-electron chi connectivity index (χ3n) is 6.30. The molecule has 0 saturated carbocycles. The molecule has 1 aromatic rings. The minimum atomic E-state index is -0.0913. The fraction of sp³-hybridized carbons (Fsp3) is 0.737. The van der Waals surface area contributed by atoms with Crippen molar-refractivity contribution in [2.45, 2.75) is 51.5 Å². The van der Waals surface area contributed by atoms with Gasteiger partial charge in [0, 0.05) is 37.1 Å². The summed E-state index contributed by atoms with van der Waals surface area (Å²) < 4.78 is 6.27. The standard InChI is InChI=1S/C19H31N5O/c1-18(2)8-15-19(3,11-25-18)14-10-21-12-22-17(14)24(15)16-7-5-6-13(23-16)9-20-4/h5-7,14-15,17,20-22H,8-12H2,1-4H3/t14?,15-,17?,19-/m1/s1. The number of aromatic nitrogens is 1. The van der Waals surface area contributed by atoms with Gasteiger partial charge in [-0.3, -0.25) is 5.32 Å². The van der Waals surface area contributed by atoms with Crippen molar-refractivity contribution in [2.24, 2.45) is 11.3 Å². The second-order valence-electron chi connectivity index (χ2n) is 8.59. The number of nitrogens with zero attached hydrogens (tertiary/aromatic N) is 2. The van der Waals surface area contributed by atoms with E-state index in [-0.39, 0.29) is 11.0 Å². The van der Waals surface area contributed by atoms with E-state index in [0.29, 0.717) is 18.1 Å². The number of pyridine rings is 1. The lowest BCUT2D eigenvalue weighted by atomic mass is 9.69. The molecule has 0 amide bonds. The van der Waals surface area contributed by atoms with E-state index < -0.39 is 0 Å². The molecule has 3 fully saturated rings. The molecule has 4 atom stereocenters. The second kappa shape index (κ2) is 6.20. The van der Waals surface area contributed by atoms with E-state index >= 15 is 0 Å². The minimum Gasteiger partial charge on any atom is -0.375 e. The summed E-state index contributed by atoms with van der Waals surface area (Å²) in [5, 5.41) is 10.4. The number of fused-ring (bicyclic) bond motifs is 3. The normalized spacial score (nSPS) is 36.8. The van der Waals surface area contributed by atoms with Crippen LogP contribution < -0.4 is 20.9 Å². The fourth-order valence-corrected chi connectivity index (χ4v) is 4.91. The number of nitrogens with one attached hydrogen (secondary N) is 3. The van der Waals surface area contributed by atoms with E-state index in [1.54, 1.807) is 0 Å². The van der Waals surface area contributed by atoms with Gasteiger partial charge in [0.2, 0.25) is 0 Å².